The number of ether oxygens (including phenoxy) is 2. The van der Waals surface area contributed by atoms with Gasteiger partial charge in [-0.1, -0.05) is 0 Å². The first-order valence-corrected chi connectivity index (χ1v) is 6.10. The fraction of sp³-hybridized carbons (Fsp3) is 0.833. The SMILES string of the molecule is CCO[C@H]1CCC[C@H](NC(C)=O)[C@H]1OC(C)=O. The fourth-order valence-corrected chi connectivity index (χ4v) is 2.28. The van der Waals surface area contributed by atoms with E-state index in [1.165, 1.54) is 13.8 Å². The van der Waals surface area contributed by atoms with Crippen molar-refractivity contribution in [1.29, 1.82) is 0 Å². The van der Waals surface area contributed by atoms with Crippen molar-refractivity contribution in [3.05, 3.63) is 0 Å². The van der Waals surface area contributed by atoms with Crippen molar-refractivity contribution in [2.75, 3.05) is 6.61 Å². The Kier molecular flexibility index (Phi) is 5.41. The number of amides is 1. The number of hydrogen-bond acceptors (Lipinski definition) is 4. The zero-order valence-electron chi connectivity index (χ0n) is 10.7. The van der Waals surface area contributed by atoms with Crippen LogP contribution in [0.25, 0.3) is 0 Å². The van der Waals surface area contributed by atoms with Gasteiger partial charge >= 0.3 is 5.97 Å². The number of rotatable bonds is 4. The van der Waals surface area contributed by atoms with Crippen LogP contribution in [0, 0.1) is 0 Å². The lowest BCUT2D eigenvalue weighted by Crippen LogP contribution is -2.53. The van der Waals surface area contributed by atoms with Gasteiger partial charge < -0.3 is 14.8 Å². The number of nitrogens with one attached hydrogen (secondary N) is 1. The summed E-state index contributed by atoms with van der Waals surface area (Å²) in [6.45, 7) is 5.33. The lowest BCUT2D eigenvalue weighted by atomic mass is 9.89. The van der Waals surface area contributed by atoms with Crippen LogP contribution in [-0.2, 0) is 19.1 Å². The summed E-state index contributed by atoms with van der Waals surface area (Å²) in [7, 11) is 0. The van der Waals surface area contributed by atoms with Gasteiger partial charge in [-0.3, -0.25) is 9.59 Å². The normalized spacial score (nSPS) is 28.5. The van der Waals surface area contributed by atoms with Crippen LogP contribution in [0.4, 0.5) is 0 Å². The summed E-state index contributed by atoms with van der Waals surface area (Å²) in [6.07, 6.45) is 2.16. The highest BCUT2D eigenvalue weighted by atomic mass is 16.6. The van der Waals surface area contributed by atoms with E-state index in [9.17, 15) is 9.59 Å². The zero-order valence-corrected chi connectivity index (χ0v) is 10.7. The van der Waals surface area contributed by atoms with Crippen LogP contribution >= 0.6 is 0 Å². The average Bonchev–Trinajstić information content (AvgIpc) is 2.21. The molecule has 0 spiro atoms. The van der Waals surface area contributed by atoms with Gasteiger partial charge in [0.1, 0.15) is 6.10 Å². The second-order valence-electron chi connectivity index (χ2n) is 4.31. The van der Waals surface area contributed by atoms with Gasteiger partial charge in [0, 0.05) is 20.5 Å². The number of hydrogen-bond donors (Lipinski definition) is 1. The Morgan fingerprint density at radius 3 is 2.53 bits per heavy atom. The highest BCUT2D eigenvalue weighted by Crippen LogP contribution is 2.24. The predicted molar refractivity (Wildman–Crippen MR) is 62.4 cm³/mol. The molecule has 1 aliphatic rings. The molecule has 3 atom stereocenters. The lowest BCUT2D eigenvalue weighted by Gasteiger charge is -2.37. The van der Waals surface area contributed by atoms with Gasteiger partial charge in [-0.2, -0.15) is 0 Å². The zero-order chi connectivity index (χ0) is 12.8. The average molecular weight is 243 g/mol. The molecule has 1 aliphatic carbocycles. The predicted octanol–water partition coefficient (Wildman–Crippen LogP) is 1.01. The third-order valence-corrected chi connectivity index (χ3v) is 2.84. The van der Waals surface area contributed by atoms with Crippen LogP contribution in [0.5, 0.6) is 0 Å². The molecule has 1 fully saturated rings. The third kappa shape index (κ3) is 4.34. The van der Waals surface area contributed by atoms with E-state index in [0.717, 1.165) is 19.3 Å². The van der Waals surface area contributed by atoms with Crippen LogP contribution < -0.4 is 5.32 Å². The first-order chi connectivity index (χ1) is 8.04. The van der Waals surface area contributed by atoms with E-state index >= 15 is 0 Å². The molecule has 0 bridgehead atoms. The Hall–Kier alpha value is -1.10. The Balaban J connectivity index is 2.70. The Morgan fingerprint density at radius 2 is 2.00 bits per heavy atom. The van der Waals surface area contributed by atoms with Gasteiger partial charge in [0.05, 0.1) is 12.1 Å². The molecule has 5 heteroatoms. The molecule has 0 aromatic rings. The first-order valence-electron chi connectivity index (χ1n) is 6.10. The minimum Gasteiger partial charge on any atom is -0.458 e. The van der Waals surface area contributed by atoms with Crippen molar-refractivity contribution < 1.29 is 19.1 Å². The van der Waals surface area contributed by atoms with Crippen molar-refractivity contribution >= 4 is 11.9 Å². The van der Waals surface area contributed by atoms with Crippen molar-refractivity contribution in [3.63, 3.8) is 0 Å². The summed E-state index contributed by atoms with van der Waals surface area (Å²) in [5.41, 5.74) is 0. The lowest BCUT2D eigenvalue weighted by molar-refractivity contribution is -0.162. The topological polar surface area (TPSA) is 64.6 Å². The molecule has 0 saturated heterocycles. The van der Waals surface area contributed by atoms with E-state index in [4.69, 9.17) is 9.47 Å². The molecule has 17 heavy (non-hydrogen) atoms. The highest BCUT2D eigenvalue weighted by molar-refractivity contribution is 5.73. The molecule has 0 aliphatic heterocycles. The molecule has 0 unspecified atom stereocenters. The monoisotopic (exact) mass is 243 g/mol. The summed E-state index contributed by atoms with van der Waals surface area (Å²) >= 11 is 0. The molecule has 1 amide bonds. The molecule has 1 N–H and O–H groups in total. The van der Waals surface area contributed by atoms with Crippen LogP contribution in [0.15, 0.2) is 0 Å². The number of esters is 1. The summed E-state index contributed by atoms with van der Waals surface area (Å²) in [5.74, 6) is -0.443. The Labute approximate surface area is 102 Å². The van der Waals surface area contributed by atoms with Gasteiger partial charge in [0.15, 0.2) is 0 Å². The second kappa shape index (κ2) is 6.59. The minimum atomic E-state index is -0.370. The molecule has 0 aromatic carbocycles. The molecular weight excluding hydrogens is 222 g/mol. The standard InChI is InChI=1S/C12H21NO4/c1-4-16-11-7-5-6-10(13-8(2)14)12(11)17-9(3)15/h10-12H,4-7H2,1-3H3,(H,13,14)/t10-,11-,12+/m0/s1. The van der Waals surface area contributed by atoms with E-state index in [-0.39, 0.29) is 30.1 Å². The smallest absolute Gasteiger partial charge is 0.303 e. The molecule has 0 aromatic heterocycles. The molecule has 0 heterocycles. The summed E-state index contributed by atoms with van der Waals surface area (Å²) in [6, 6.07) is -0.137. The van der Waals surface area contributed by atoms with Gasteiger partial charge in [-0.15, -0.1) is 0 Å². The van der Waals surface area contributed by atoms with E-state index < -0.39 is 0 Å². The Bertz CT molecular complexity index is 278. The van der Waals surface area contributed by atoms with Gasteiger partial charge in [-0.25, -0.2) is 0 Å². The molecule has 1 rings (SSSR count). The third-order valence-electron chi connectivity index (χ3n) is 2.84. The molecule has 98 valence electrons. The summed E-state index contributed by atoms with van der Waals surface area (Å²) in [5, 5.41) is 2.83. The van der Waals surface area contributed by atoms with Crippen molar-refractivity contribution in [3.8, 4) is 0 Å². The molecule has 0 radical (unpaired) electrons. The van der Waals surface area contributed by atoms with Crippen LogP contribution in [0.3, 0.4) is 0 Å². The van der Waals surface area contributed by atoms with Crippen molar-refractivity contribution in [1.82, 2.24) is 5.32 Å². The van der Waals surface area contributed by atoms with E-state index in [0.29, 0.717) is 6.61 Å². The maximum absolute atomic E-state index is 11.1. The van der Waals surface area contributed by atoms with Gasteiger partial charge in [-0.05, 0) is 26.2 Å². The van der Waals surface area contributed by atoms with Crippen LogP contribution in [0.2, 0.25) is 0 Å². The maximum atomic E-state index is 11.1. The minimum absolute atomic E-state index is 0.107. The highest BCUT2D eigenvalue weighted by Gasteiger charge is 2.36. The van der Waals surface area contributed by atoms with Gasteiger partial charge in [0.25, 0.3) is 0 Å². The second-order valence-corrected chi connectivity index (χ2v) is 4.31. The van der Waals surface area contributed by atoms with E-state index in [2.05, 4.69) is 5.32 Å². The molecule has 1 saturated carbocycles. The largest absolute Gasteiger partial charge is 0.458 e. The van der Waals surface area contributed by atoms with Crippen molar-refractivity contribution in [2.45, 2.75) is 58.3 Å². The van der Waals surface area contributed by atoms with Crippen molar-refractivity contribution in [2.24, 2.45) is 0 Å². The number of carbonyl (C=O) groups excluding carboxylic acids is 2. The molecule has 5 nitrogen and oxygen atoms in total. The van der Waals surface area contributed by atoms with E-state index in [1.54, 1.807) is 0 Å². The summed E-state index contributed by atoms with van der Waals surface area (Å²) in [4.78, 5) is 22.2. The Morgan fingerprint density at radius 1 is 1.29 bits per heavy atom. The van der Waals surface area contributed by atoms with E-state index in [1.807, 2.05) is 6.92 Å². The van der Waals surface area contributed by atoms with Crippen LogP contribution in [-0.4, -0.2) is 36.7 Å². The quantitative estimate of drug-likeness (QED) is 0.748. The van der Waals surface area contributed by atoms with Gasteiger partial charge in [0.2, 0.25) is 5.91 Å². The molecular formula is C12H21NO4. The first kappa shape index (κ1) is 14.0. The summed E-state index contributed by atoms with van der Waals surface area (Å²) < 4.78 is 10.9. The maximum Gasteiger partial charge on any atom is 0.303 e. The van der Waals surface area contributed by atoms with Crippen LogP contribution in [0.1, 0.15) is 40.0 Å². The fourth-order valence-electron chi connectivity index (χ4n) is 2.28. The number of carbonyl (C=O) groups is 2.